The van der Waals surface area contributed by atoms with Gasteiger partial charge in [0.2, 0.25) is 0 Å². The van der Waals surface area contributed by atoms with E-state index >= 15 is 0 Å². The van der Waals surface area contributed by atoms with E-state index in [1.807, 2.05) is 18.2 Å². The molecule has 21 heavy (non-hydrogen) atoms. The molecule has 5 nitrogen and oxygen atoms in total. The molecule has 1 aromatic heterocycles. The van der Waals surface area contributed by atoms with E-state index in [1.165, 1.54) is 0 Å². The van der Waals surface area contributed by atoms with Crippen molar-refractivity contribution in [3.8, 4) is 11.5 Å². The van der Waals surface area contributed by atoms with Crippen LogP contribution in [0.1, 0.15) is 22.5 Å². The highest BCUT2D eigenvalue weighted by Gasteiger charge is 2.14. The number of fused-ring (bicyclic) bond motifs is 1. The second-order valence-corrected chi connectivity index (χ2v) is 4.72. The number of amides is 1. The lowest BCUT2D eigenvalue weighted by atomic mass is 10.2. The van der Waals surface area contributed by atoms with E-state index in [4.69, 9.17) is 9.47 Å². The van der Waals surface area contributed by atoms with Gasteiger partial charge in [-0.05, 0) is 30.3 Å². The van der Waals surface area contributed by atoms with Gasteiger partial charge in [0.05, 0.1) is 25.5 Å². The molecule has 5 heteroatoms. The van der Waals surface area contributed by atoms with Crippen molar-refractivity contribution in [2.75, 3.05) is 13.2 Å². The first kappa shape index (κ1) is 13.4. The van der Waals surface area contributed by atoms with Gasteiger partial charge in [0, 0.05) is 18.2 Å². The highest BCUT2D eigenvalue weighted by Crippen LogP contribution is 2.30. The Hall–Kier alpha value is -2.56. The smallest absolute Gasteiger partial charge is 0.251 e. The number of carbonyl (C=O) groups excluding carboxylic acids is 1. The Morgan fingerprint density at radius 2 is 2.00 bits per heavy atom. The minimum Gasteiger partial charge on any atom is -0.490 e. The van der Waals surface area contributed by atoms with Crippen LogP contribution < -0.4 is 14.8 Å². The average Bonchev–Trinajstić information content (AvgIpc) is 2.78. The number of carbonyl (C=O) groups is 1. The van der Waals surface area contributed by atoms with Crippen molar-refractivity contribution >= 4 is 5.91 Å². The maximum absolute atomic E-state index is 12.2. The van der Waals surface area contributed by atoms with Crippen molar-refractivity contribution in [2.24, 2.45) is 0 Å². The van der Waals surface area contributed by atoms with Crippen LogP contribution >= 0.6 is 0 Å². The van der Waals surface area contributed by atoms with Crippen molar-refractivity contribution in [1.82, 2.24) is 10.3 Å². The molecule has 1 aliphatic rings. The minimum atomic E-state index is -0.156. The summed E-state index contributed by atoms with van der Waals surface area (Å²) in [5.74, 6) is 1.16. The molecular formula is C16H16N2O3. The molecule has 0 fully saturated rings. The topological polar surface area (TPSA) is 60.5 Å². The molecule has 1 aromatic carbocycles. The lowest BCUT2D eigenvalue weighted by molar-refractivity contribution is 0.0950. The first-order valence-electron chi connectivity index (χ1n) is 6.91. The van der Waals surface area contributed by atoms with Crippen LogP contribution in [0.4, 0.5) is 0 Å². The standard InChI is InChI=1S/C16H16N2O3/c19-16(18-11-13-4-1-2-7-17-13)12-5-6-14-15(10-12)21-9-3-8-20-14/h1-2,4-7,10H,3,8-9,11H2,(H,18,19). The lowest BCUT2D eigenvalue weighted by Gasteiger charge is -2.09. The Morgan fingerprint density at radius 1 is 1.14 bits per heavy atom. The van der Waals surface area contributed by atoms with E-state index in [0.29, 0.717) is 36.8 Å². The summed E-state index contributed by atoms with van der Waals surface area (Å²) in [5, 5.41) is 2.84. The van der Waals surface area contributed by atoms with Crippen molar-refractivity contribution in [3.05, 3.63) is 53.9 Å². The molecule has 1 aliphatic heterocycles. The molecule has 0 radical (unpaired) electrons. The third-order valence-electron chi connectivity index (χ3n) is 3.17. The molecule has 0 bridgehead atoms. The molecule has 3 rings (SSSR count). The largest absolute Gasteiger partial charge is 0.490 e. The molecule has 1 N–H and O–H groups in total. The molecule has 0 saturated heterocycles. The van der Waals surface area contributed by atoms with Gasteiger partial charge in [0.25, 0.3) is 5.91 Å². The second kappa shape index (κ2) is 6.26. The van der Waals surface area contributed by atoms with Gasteiger partial charge >= 0.3 is 0 Å². The van der Waals surface area contributed by atoms with Crippen LogP contribution in [0.5, 0.6) is 11.5 Å². The summed E-state index contributed by atoms with van der Waals surface area (Å²) in [6.07, 6.45) is 2.55. The lowest BCUT2D eigenvalue weighted by Crippen LogP contribution is -2.23. The predicted octanol–water partition coefficient (Wildman–Crippen LogP) is 2.17. The number of rotatable bonds is 3. The van der Waals surface area contributed by atoms with Gasteiger partial charge in [-0.2, -0.15) is 0 Å². The number of benzene rings is 1. The van der Waals surface area contributed by atoms with E-state index in [0.717, 1.165) is 12.1 Å². The van der Waals surface area contributed by atoms with Crippen LogP contribution in [0.25, 0.3) is 0 Å². The van der Waals surface area contributed by atoms with Crippen molar-refractivity contribution in [2.45, 2.75) is 13.0 Å². The maximum atomic E-state index is 12.2. The molecule has 0 saturated carbocycles. The second-order valence-electron chi connectivity index (χ2n) is 4.72. The first-order valence-corrected chi connectivity index (χ1v) is 6.91. The minimum absolute atomic E-state index is 0.156. The zero-order valence-corrected chi connectivity index (χ0v) is 11.5. The Morgan fingerprint density at radius 3 is 2.81 bits per heavy atom. The van der Waals surface area contributed by atoms with Gasteiger partial charge in [0.15, 0.2) is 11.5 Å². The highest BCUT2D eigenvalue weighted by molar-refractivity contribution is 5.94. The van der Waals surface area contributed by atoms with Gasteiger partial charge in [-0.15, -0.1) is 0 Å². The third-order valence-corrected chi connectivity index (χ3v) is 3.17. The zero-order valence-electron chi connectivity index (χ0n) is 11.5. The fraction of sp³-hybridized carbons (Fsp3) is 0.250. The average molecular weight is 284 g/mol. The van der Waals surface area contributed by atoms with E-state index in [1.54, 1.807) is 24.4 Å². The number of aromatic nitrogens is 1. The molecule has 0 atom stereocenters. The number of hydrogen-bond acceptors (Lipinski definition) is 4. The summed E-state index contributed by atoms with van der Waals surface area (Å²) in [6, 6.07) is 10.8. The molecule has 0 aliphatic carbocycles. The third kappa shape index (κ3) is 3.31. The normalized spacial score (nSPS) is 13.3. The van der Waals surface area contributed by atoms with Gasteiger partial charge in [-0.25, -0.2) is 0 Å². The summed E-state index contributed by atoms with van der Waals surface area (Å²) >= 11 is 0. The molecule has 108 valence electrons. The van der Waals surface area contributed by atoms with Crippen molar-refractivity contribution < 1.29 is 14.3 Å². The van der Waals surface area contributed by atoms with Crippen LogP contribution in [0.2, 0.25) is 0 Å². The Balaban J connectivity index is 1.68. The van der Waals surface area contributed by atoms with Gasteiger partial charge < -0.3 is 14.8 Å². The predicted molar refractivity (Wildman–Crippen MR) is 77.5 cm³/mol. The number of nitrogens with zero attached hydrogens (tertiary/aromatic N) is 1. The van der Waals surface area contributed by atoms with Crippen molar-refractivity contribution in [1.29, 1.82) is 0 Å². The van der Waals surface area contributed by atoms with Gasteiger partial charge in [-0.1, -0.05) is 6.07 Å². The van der Waals surface area contributed by atoms with Crippen LogP contribution in [0, 0.1) is 0 Å². The maximum Gasteiger partial charge on any atom is 0.251 e. The first-order chi connectivity index (χ1) is 10.3. The quantitative estimate of drug-likeness (QED) is 0.938. The Labute approximate surface area is 122 Å². The van der Waals surface area contributed by atoms with E-state index < -0.39 is 0 Å². The summed E-state index contributed by atoms with van der Waals surface area (Å²) in [5.41, 5.74) is 1.37. The Kier molecular flexibility index (Phi) is 4.00. The van der Waals surface area contributed by atoms with E-state index in [2.05, 4.69) is 10.3 Å². The number of nitrogens with one attached hydrogen (secondary N) is 1. The van der Waals surface area contributed by atoms with Crippen LogP contribution in [-0.2, 0) is 6.54 Å². The van der Waals surface area contributed by atoms with Gasteiger partial charge in [-0.3, -0.25) is 9.78 Å². The summed E-state index contributed by atoms with van der Waals surface area (Å²) < 4.78 is 11.1. The number of ether oxygens (including phenoxy) is 2. The molecule has 1 amide bonds. The summed E-state index contributed by atoms with van der Waals surface area (Å²) in [7, 11) is 0. The highest BCUT2D eigenvalue weighted by atomic mass is 16.5. The fourth-order valence-corrected chi connectivity index (χ4v) is 2.08. The molecular weight excluding hydrogens is 268 g/mol. The number of pyridine rings is 1. The van der Waals surface area contributed by atoms with Crippen molar-refractivity contribution in [3.63, 3.8) is 0 Å². The SMILES string of the molecule is O=C(NCc1ccccn1)c1ccc2c(c1)OCCCO2. The fourth-order valence-electron chi connectivity index (χ4n) is 2.08. The summed E-state index contributed by atoms with van der Waals surface area (Å²) in [6.45, 7) is 1.64. The summed E-state index contributed by atoms with van der Waals surface area (Å²) in [4.78, 5) is 16.3. The van der Waals surface area contributed by atoms with Crippen LogP contribution in [0.3, 0.4) is 0 Å². The van der Waals surface area contributed by atoms with E-state index in [-0.39, 0.29) is 5.91 Å². The number of hydrogen-bond donors (Lipinski definition) is 1. The van der Waals surface area contributed by atoms with Crippen LogP contribution in [-0.4, -0.2) is 24.1 Å². The molecule has 0 spiro atoms. The molecule has 2 aromatic rings. The molecule has 2 heterocycles. The zero-order chi connectivity index (χ0) is 14.5. The monoisotopic (exact) mass is 284 g/mol. The Bertz CT molecular complexity index is 629. The van der Waals surface area contributed by atoms with E-state index in [9.17, 15) is 4.79 Å². The van der Waals surface area contributed by atoms with Crippen LogP contribution in [0.15, 0.2) is 42.6 Å². The molecule has 0 unspecified atom stereocenters. The van der Waals surface area contributed by atoms with Gasteiger partial charge in [0.1, 0.15) is 0 Å².